The van der Waals surface area contributed by atoms with Crippen molar-refractivity contribution in [2.24, 2.45) is 0 Å². The molecule has 2 saturated heterocycles. The summed E-state index contributed by atoms with van der Waals surface area (Å²) >= 11 is 0. The van der Waals surface area contributed by atoms with Gasteiger partial charge in [-0.15, -0.1) is 12.4 Å². The quantitative estimate of drug-likeness (QED) is 0.910. The molecule has 3 nitrogen and oxygen atoms in total. The lowest BCUT2D eigenvalue weighted by Crippen LogP contribution is -2.48. The number of halogens is 1. The molecular weight excluding hydrogens is 272 g/mol. The second-order valence-electron chi connectivity index (χ2n) is 6.05. The Kier molecular flexibility index (Phi) is 4.71. The first-order chi connectivity index (χ1) is 9.13. The summed E-state index contributed by atoms with van der Waals surface area (Å²) in [5.74, 6) is 0.162. The van der Waals surface area contributed by atoms with Crippen LogP contribution in [0.15, 0.2) is 24.3 Å². The van der Waals surface area contributed by atoms with Gasteiger partial charge in [0.25, 0.3) is 5.91 Å². The Morgan fingerprint density at radius 1 is 1.25 bits per heavy atom. The third-order valence-corrected chi connectivity index (χ3v) is 4.58. The van der Waals surface area contributed by atoms with Gasteiger partial charge in [-0.25, -0.2) is 0 Å². The lowest BCUT2D eigenvalue weighted by atomic mass is 9.98. The first-order valence-electron chi connectivity index (χ1n) is 7.23. The minimum Gasteiger partial charge on any atom is -0.339 e. The summed E-state index contributed by atoms with van der Waals surface area (Å²) in [7, 11) is 1.96. The molecule has 0 saturated carbocycles. The van der Waals surface area contributed by atoms with E-state index in [0.717, 1.165) is 24.0 Å². The second-order valence-corrected chi connectivity index (χ2v) is 6.05. The summed E-state index contributed by atoms with van der Waals surface area (Å²) in [4.78, 5) is 14.5. The van der Waals surface area contributed by atoms with E-state index < -0.39 is 0 Å². The molecule has 0 aromatic heterocycles. The topological polar surface area (TPSA) is 32.3 Å². The average Bonchev–Trinajstić information content (AvgIpc) is 2.76. The average molecular weight is 295 g/mol. The van der Waals surface area contributed by atoms with Crippen LogP contribution in [0.1, 0.15) is 41.6 Å². The fourth-order valence-corrected chi connectivity index (χ4v) is 3.49. The van der Waals surface area contributed by atoms with Crippen LogP contribution in [0.2, 0.25) is 0 Å². The molecule has 2 aliphatic rings. The molecule has 1 aromatic rings. The predicted molar refractivity (Wildman–Crippen MR) is 83.5 cm³/mol. The molecule has 1 amide bonds. The summed E-state index contributed by atoms with van der Waals surface area (Å²) < 4.78 is 0. The molecule has 0 radical (unpaired) electrons. The Morgan fingerprint density at radius 3 is 2.50 bits per heavy atom. The Morgan fingerprint density at radius 2 is 1.90 bits per heavy atom. The van der Waals surface area contributed by atoms with Gasteiger partial charge in [-0.1, -0.05) is 17.7 Å². The van der Waals surface area contributed by atoms with Gasteiger partial charge in [-0.3, -0.25) is 4.79 Å². The van der Waals surface area contributed by atoms with Crippen molar-refractivity contribution in [3.63, 3.8) is 0 Å². The van der Waals surface area contributed by atoms with Crippen LogP contribution < -0.4 is 5.32 Å². The first kappa shape index (κ1) is 15.3. The van der Waals surface area contributed by atoms with E-state index in [4.69, 9.17) is 0 Å². The largest absolute Gasteiger partial charge is 0.339 e. The Hall–Kier alpha value is -1.06. The zero-order valence-corrected chi connectivity index (χ0v) is 13.0. The van der Waals surface area contributed by atoms with E-state index in [1.54, 1.807) is 0 Å². The van der Waals surface area contributed by atoms with Crippen molar-refractivity contribution in [1.82, 2.24) is 10.2 Å². The number of hydrogen-bond donors (Lipinski definition) is 1. The van der Waals surface area contributed by atoms with Gasteiger partial charge >= 0.3 is 0 Å². The molecule has 110 valence electrons. The number of amides is 1. The summed E-state index contributed by atoms with van der Waals surface area (Å²) in [6, 6.07) is 9.53. The van der Waals surface area contributed by atoms with E-state index in [0.29, 0.717) is 18.1 Å². The number of piperidine rings is 1. The van der Waals surface area contributed by atoms with E-state index in [1.165, 1.54) is 12.8 Å². The van der Waals surface area contributed by atoms with Gasteiger partial charge in [-0.05, 0) is 44.7 Å². The minimum atomic E-state index is 0. The normalized spacial score (nSPS) is 27.8. The molecule has 0 spiro atoms. The zero-order valence-electron chi connectivity index (χ0n) is 12.1. The number of carbonyl (C=O) groups excluding carboxylic acids is 1. The van der Waals surface area contributed by atoms with Crippen molar-refractivity contribution in [3.8, 4) is 0 Å². The molecule has 4 heteroatoms. The highest BCUT2D eigenvalue weighted by molar-refractivity contribution is 5.94. The second kappa shape index (κ2) is 6.15. The van der Waals surface area contributed by atoms with Crippen molar-refractivity contribution in [3.05, 3.63) is 35.4 Å². The molecule has 1 N–H and O–H groups in total. The third kappa shape index (κ3) is 2.99. The van der Waals surface area contributed by atoms with Gasteiger partial charge in [0, 0.05) is 30.7 Å². The first-order valence-corrected chi connectivity index (χ1v) is 7.23. The fraction of sp³-hybridized carbons (Fsp3) is 0.562. The van der Waals surface area contributed by atoms with Crippen LogP contribution in [0.5, 0.6) is 0 Å². The Bertz CT molecular complexity index is 479. The van der Waals surface area contributed by atoms with Gasteiger partial charge in [0.1, 0.15) is 0 Å². The SMILES string of the molecule is Cc1cccc(C(=O)N(C)C2CC3CCC(C2)N3)c1.Cl. The van der Waals surface area contributed by atoms with Crippen molar-refractivity contribution in [2.45, 2.75) is 50.7 Å². The molecule has 1 aromatic carbocycles. The van der Waals surface area contributed by atoms with Crippen LogP contribution >= 0.6 is 12.4 Å². The lowest BCUT2D eigenvalue weighted by molar-refractivity contribution is 0.0681. The molecule has 2 aliphatic heterocycles. The number of hydrogen-bond acceptors (Lipinski definition) is 2. The maximum Gasteiger partial charge on any atom is 0.253 e. The highest BCUT2D eigenvalue weighted by Gasteiger charge is 2.36. The summed E-state index contributed by atoms with van der Waals surface area (Å²) in [6.45, 7) is 2.03. The maximum absolute atomic E-state index is 12.5. The number of benzene rings is 1. The predicted octanol–water partition coefficient (Wildman–Crippen LogP) is 2.77. The van der Waals surface area contributed by atoms with Crippen LogP contribution in [-0.2, 0) is 0 Å². The summed E-state index contributed by atoms with van der Waals surface area (Å²) in [6.07, 6.45) is 4.75. The van der Waals surface area contributed by atoms with Gasteiger partial charge in [0.15, 0.2) is 0 Å². The molecule has 2 bridgehead atoms. The number of aryl methyl sites for hydroxylation is 1. The van der Waals surface area contributed by atoms with E-state index in [-0.39, 0.29) is 18.3 Å². The van der Waals surface area contributed by atoms with Gasteiger partial charge in [0.2, 0.25) is 0 Å². The van der Waals surface area contributed by atoms with E-state index in [1.807, 2.05) is 43.1 Å². The molecule has 20 heavy (non-hydrogen) atoms. The molecule has 2 heterocycles. The molecule has 2 atom stereocenters. The molecule has 2 fully saturated rings. The Balaban J connectivity index is 0.00000147. The van der Waals surface area contributed by atoms with Crippen LogP contribution in [0.25, 0.3) is 0 Å². The maximum atomic E-state index is 12.5. The number of rotatable bonds is 2. The minimum absolute atomic E-state index is 0. The Labute approximate surface area is 127 Å². The molecular formula is C16H23ClN2O. The zero-order chi connectivity index (χ0) is 13.4. The lowest BCUT2D eigenvalue weighted by Gasteiger charge is -2.35. The van der Waals surface area contributed by atoms with E-state index >= 15 is 0 Å². The summed E-state index contributed by atoms with van der Waals surface area (Å²) in [5, 5.41) is 3.62. The number of nitrogens with zero attached hydrogens (tertiary/aromatic N) is 1. The van der Waals surface area contributed by atoms with Crippen LogP contribution in [-0.4, -0.2) is 36.0 Å². The van der Waals surface area contributed by atoms with Crippen molar-refractivity contribution in [2.75, 3.05) is 7.05 Å². The van der Waals surface area contributed by atoms with E-state index in [2.05, 4.69) is 5.32 Å². The van der Waals surface area contributed by atoms with Gasteiger partial charge in [-0.2, -0.15) is 0 Å². The highest BCUT2D eigenvalue weighted by atomic mass is 35.5. The highest BCUT2D eigenvalue weighted by Crippen LogP contribution is 2.29. The number of nitrogens with one attached hydrogen (secondary N) is 1. The monoisotopic (exact) mass is 294 g/mol. The van der Waals surface area contributed by atoms with E-state index in [9.17, 15) is 4.79 Å². The van der Waals surface area contributed by atoms with Crippen LogP contribution in [0.4, 0.5) is 0 Å². The van der Waals surface area contributed by atoms with Crippen LogP contribution in [0, 0.1) is 6.92 Å². The van der Waals surface area contributed by atoms with Crippen LogP contribution in [0.3, 0.4) is 0 Å². The number of fused-ring (bicyclic) bond motifs is 2. The smallest absolute Gasteiger partial charge is 0.253 e. The fourth-order valence-electron chi connectivity index (χ4n) is 3.49. The van der Waals surface area contributed by atoms with Gasteiger partial charge in [0.05, 0.1) is 0 Å². The standard InChI is InChI=1S/C16H22N2O.ClH/c1-11-4-3-5-12(8-11)16(19)18(2)15-9-13-6-7-14(10-15)17-13;/h3-5,8,13-15,17H,6-7,9-10H2,1-2H3;1H. The molecule has 3 rings (SSSR count). The molecule has 2 unspecified atom stereocenters. The summed E-state index contributed by atoms with van der Waals surface area (Å²) in [5.41, 5.74) is 1.96. The van der Waals surface area contributed by atoms with Gasteiger partial charge < -0.3 is 10.2 Å². The van der Waals surface area contributed by atoms with Crippen molar-refractivity contribution >= 4 is 18.3 Å². The number of carbonyl (C=O) groups is 1. The third-order valence-electron chi connectivity index (χ3n) is 4.58. The molecule has 0 aliphatic carbocycles. The van der Waals surface area contributed by atoms with Crippen molar-refractivity contribution < 1.29 is 4.79 Å². The van der Waals surface area contributed by atoms with Crippen molar-refractivity contribution in [1.29, 1.82) is 0 Å².